The number of esters is 1. The number of para-hydroxylation sites is 1. The number of nitrogens with zero attached hydrogens (tertiary/aromatic N) is 2. The van der Waals surface area contributed by atoms with E-state index < -0.39 is 12.0 Å². The summed E-state index contributed by atoms with van der Waals surface area (Å²) in [5.74, 6) is 1.19. The molecule has 2 heterocycles. The van der Waals surface area contributed by atoms with Crippen LogP contribution in [-0.2, 0) is 9.53 Å². The van der Waals surface area contributed by atoms with Gasteiger partial charge in [0.15, 0.2) is 16.3 Å². The fourth-order valence-electron chi connectivity index (χ4n) is 4.23. The Morgan fingerprint density at radius 2 is 1.95 bits per heavy atom. The van der Waals surface area contributed by atoms with Gasteiger partial charge in [0.05, 0.1) is 40.2 Å². The topological polar surface area (TPSA) is 88.4 Å². The second-order valence-corrected chi connectivity index (χ2v) is 10.3. The number of hydrogen-bond donors (Lipinski definition) is 0. The number of rotatable bonds is 9. The van der Waals surface area contributed by atoms with Crippen LogP contribution in [0.3, 0.4) is 0 Å². The minimum atomic E-state index is -0.757. The largest absolute Gasteiger partial charge is 0.496 e. The maximum Gasteiger partial charge on any atom is 0.338 e. The highest BCUT2D eigenvalue weighted by Crippen LogP contribution is 2.36. The van der Waals surface area contributed by atoms with E-state index in [2.05, 4.69) is 34.2 Å². The van der Waals surface area contributed by atoms with Crippen molar-refractivity contribution in [3.63, 3.8) is 0 Å². The molecule has 0 saturated heterocycles. The van der Waals surface area contributed by atoms with Gasteiger partial charge in [-0.1, -0.05) is 42.2 Å². The van der Waals surface area contributed by atoms with E-state index in [1.165, 1.54) is 15.9 Å². The number of carbonyl (C=O) groups excluding carboxylic acids is 1. The van der Waals surface area contributed by atoms with Gasteiger partial charge < -0.3 is 18.9 Å². The van der Waals surface area contributed by atoms with Gasteiger partial charge in [-0.25, -0.2) is 9.79 Å². The number of aromatic nitrogens is 1. The van der Waals surface area contributed by atoms with E-state index in [9.17, 15) is 9.59 Å². The van der Waals surface area contributed by atoms with E-state index in [0.717, 1.165) is 9.13 Å². The quantitative estimate of drug-likeness (QED) is 0.199. The normalized spacial score (nSPS) is 15.0. The Hall–Kier alpha value is -3.38. The minimum absolute atomic E-state index is 0.200. The molecule has 38 heavy (non-hydrogen) atoms. The molecule has 0 aliphatic carbocycles. The van der Waals surface area contributed by atoms with Crippen molar-refractivity contribution in [3.05, 3.63) is 94.7 Å². The summed E-state index contributed by atoms with van der Waals surface area (Å²) in [7, 11) is 3.12. The minimum Gasteiger partial charge on any atom is -0.496 e. The third-order valence-corrected chi connectivity index (χ3v) is 7.63. The van der Waals surface area contributed by atoms with Crippen molar-refractivity contribution in [2.24, 2.45) is 4.99 Å². The molecule has 2 aromatic carbocycles. The molecule has 10 heteroatoms. The van der Waals surface area contributed by atoms with Crippen molar-refractivity contribution in [2.45, 2.75) is 19.9 Å². The fraction of sp³-hybridized carbons (Fsp3) is 0.250. The molecule has 0 radical (unpaired) electrons. The van der Waals surface area contributed by atoms with Gasteiger partial charge >= 0.3 is 5.97 Å². The molecule has 198 valence electrons. The third kappa shape index (κ3) is 5.28. The maximum absolute atomic E-state index is 13.9. The van der Waals surface area contributed by atoms with Gasteiger partial charge in [0, 0.05) is 5.56 Å². The lowest BCUT2D eigenvalue weighted by molar-refractivity contribution is -0.139. The van der Waals surface area contributed by atoms with Crippen LogP contribution >= 0.6 is 33.9 Å². The van der Waals surface area contributed by atoms with Crippen molar-refractivity contribution < 1.29 is 23.7 Å². The molecule has 1 aromatic heterocycles. The predicted octanol–water partition coefficient (Wildman–Crippen LogP) is 3.98. The third-order valence-electron chi connectivity index (χ3n) is 5.85. The van der Waals surface area contributed by atoms with Gasteiger partial charge in [-0.3, -0.25) is 9.36 Å². The van der Waals surface area contributed by atoms with Crippen LogP contribution in [0.1, 0.15) is 31.0 Å². The number of fused-ring (bicyclic) bond motifs is 1. The van der Waals surface area contributed by atoms with Crippen LogP contribution in [0.2, 0.25) is 0 Å². The molecule has 0 bridgehead atoms. The molecule has 0 N–H and O–H groups in total. The zero-order valence-electron chi connectivity index (χ0n) is 21.4. The van der Waals surface area contributed by atoms with Crippen LogP contribution in [0.4, 0.5) is 0 Å². The average Bonchev–Trinajstić information content (AvgIpc) is 3.21. The number of methoxy groups -OCH3 is 2. The second kappa shape index (κ2) is 12.0. The molecule has 0 fully saturated rings. The molecule has 0 unspecified atom stereocenters. The number of allylic oxidation sites excluding steroid dienone is 1. The SMILES string of the molecule is C=CCOc1c(I)cc(/C=c2/sc3n(c2=O)[C@H](c2ccccc2OC)C(C(=O)OCC)=C(C)N=3)cc1OC. The summed E-state index contributed by atoms with van der Waals surface area (Å²) in [6, 6.07) is 10.3. The highest BCUT2D eigenvalue weighted by atomic mass is 127. The summed E-state index contributed by atoms with van der Waals surface area (Å²) in [5, 5.41) is 0. The predicted molar refractivity (Wildman–Crippen MR) is 155 cm³/mol. The highest BCUT2D eigenvalue weighted by molar-refractivity contribution is 14.1. The van der Waals surface area contributed by atoms with Gasteiger partial charge in [0.25, 0.3) is 5.56 Å². The number of thiazole rings is 1. The molecule has 0 amide bonds. The van der Waals surface area contributed by atoms with Crippen LogP contribution in [0, 0.1) is 3.57 Å². The van der Waals surface area contributed by atoms with Crippen molar-refractivity contribution in [2.75, 3.05) is 27.4 Å². The molecule has 1 atom stereocenters. The number of carbonyl (C=O) groups is 1. The van der Waals surface area contributed by atoms with Crippen molar-refractivity contribution >= 4 is 46.0 Å². The van der Waals surface area contributed by atoms with Crippen molar-refractivity contribution in [3.8, 4) is 17.2 Å². The Labute approximate surface area is 237 Å². The van der Waals surface area contributed by atoms with Crippen LogP contribution < -0.4 is 29.1 Å². The Morgan fingerprint density at radius 1 is 1.21 bits per heavy atom. The zero-order valence-corrected chi connectivity index (χ0v) is 24.4. The first kappa shape index (κ1) is 27.6. The Balaban J connectivity index is 1.93. The van der Waals surface area contributed by atoms with E-state index >= 15 is 0 Å². The smallest absolute Gasteiger partial charge is 0.338 e. The molecule has 0 spiro atoms. The van der Waals surface area contributed by atoms with Gasteiger partial charge in [-0.2, -0.15) is 0 Å². The summed E-state index contributed by atoms with van der Waals surface area (Å²) in [6.45, 7) is 7.72. The summed E-state index contributed by atoms with van der Waals surface area (Å²) < 4.78 is 25.1. The standard InChI is InChI=1S/C28H27IN2O6S/c1-6-12-37-25-19(29)13-17(14-21(25)35-5)15-22-26(32)31-24(18-10-8-9-11-20(18)34-4)23(27(33)36-7-2)16(3)30-28(31)38-22/h6,8-11,13-15,24H,1,7,12H2,2-5H3/b22-15+/t24-/m1/s1. The lowest BCUT2D eigenvalue weighted by Gasteiger charge is -2.25. The maximum atomic E-state index is 13.9. The first-order valence-corrected chi connectivity index (χ1v) is 13.7. The zero-order chi connectivity index (χ0) is 27.4. The van der Waals surface area contributed by atoms with E-state index in [0.29, 0.717) is 50.0 Å². The van der Waals surface area contributed by atoms with Crippen LogP contribution in [-0.4, -0.2) is 38.0 Å². The van der Waals surface area contributed by atoms with Crippen molar-refractivity contribution in [1.29, 1.82) is 0 Å². The fourth-order valence-corrected chi connectivity index (χ4v) is 6.06. The number of ether oxygens (including phenoxy) is 4. The monoisotopic (exact) mass is 646 g/mol. The second-order valence-electron chi connectivity index (χ2n) is 8.18. The van der Waals surface area contributed by atoms with E-state index in [1.54, 1.807) is 46.3 Å². The van der Waals surface area contributed by atoms with Crippen LogP contribution in [0.5, 0.6) is 17.2 Å². The van der Waals surface area contributed by atoms with E-state index in [1.807, 2.05) is 30.3 Å². The highest BCUT2D eigenvalue weighted by Gasteiger charge is 2.35. The van der Waals surface area contributed by atoms with E-state index in [-0.39, 0.29) is 12.2 Å². The molecular formula is C28H27IN2O6S. The first-order chi connectivity index (χ1) is 18.3. The summed E-state index contributed by atoms with van der Waals surface area (Å²) in [4.78, 5) is 32.1. The number of benzene rings is 2. The average molecular weight is 647 g/mol. The molecule has 1 aliphatic heterocycles. The summed E-state index contributed by atoms with van der Waals surface area (Å²) in [6.07, 6.45) is 3.45. The van der Waals surface area contributed by atoms with Crippen LogP contribution in [0.25, 0.3) is 6.08 Å². The number of halogens is 1. The number of hydrogen-bond acceptors (Lipinski definition) is 8. The molecule has 3 aromatic rings. The Bertz CT molecular complexity index is 1600. The van der Waals surface area contributed by atoms with Gasteiger partial charge in [0.1, 0.15) is 18.4 Å². The summed E-state index contributed by atoms with van der Waals surface area (Å²) >= 11 is 3.42. The summed E-state index contributed by atoms with van der Waals surface area (Å²) in [5.41, 5.74) is 1.94. The molecule has 0 saturated carbocycles. The van der Waals surface area contributed by atoms with Crippen molar-refractivity contribution in [1.82, 2.24) is 4.57 Å². The van der Waals surface area contributed by atoms with Gasteiger partial charge in [-0.15, -0.1) is 0 Å². The first-order valence-electron chi connectivity index (χ1n) is 11.8. The Kier molecular flexibility index (Phi) is 8.72. The molecular weight excluding hydrogens is 619 g/mol. The van der Waals surface area contributed by atoms with Gasteiger partial charge in [0.2, 0.25) is 0 Å². The van der Waals surface area contributed by atoms with Crippen LogP contribution in [0.15, 0.2) is 70.1 Å². The van der Waals surface area contributed by atoms with E-state index in [4.69, 9.17) is 18.9 Å². The lowest BCUT2D eigenvalue weighted by atomic mass is 9.95. The lowest BCUT2D eigenvalue weighted by Crippen LogP contribution is -2.40. The molecule has 1 aliphatic rings. The molecule has 8 nitrogen and oxygen atoms in total. The van der Waals surface area contributed by atoms with Gasteiger partial charge in [-0.05, 0) is 66.3 Å². The molecule has 4 rings (SSSR count). The Morgan fingerprint density at radius 3 is 2.63 bits per heavy atom.